The maximum atomic E-state index is 11.5. The first-order valence-electron chi connectivity index (χ1n) is 6.91. The van der Waals surface area contributed by atoms with E-state index in [0.717, 1.165) is 18.5 Å². The monoisotopic (exact) mass is 283 g/mol. The fraction of sp³-hybridized carbons (Fsp3) is 0.250. The molecule has 2 aromatic rings. The molecule has 5 nitrogen and oxygen atoms in total. The van der Waals surface area contributed by atoms with Crippen molar-refractivity contribution in [2.24, 2.45) is 0 Å². The maximum Gasteiger partial charge on any atom is 0.356 e. The van der Waals surface area contributed by atoms with Crippen molar-refractivity contribution in [2.45, 2.75) is 19.3 Å². The van der Waals surface area contributed by atoms with Crippen LogP contribution in [-0.2, 0) is 17.6 Å². The number of anilines is 3. The van der Waals surface area contributed by atoms with E-state index >= 15 is 0 Å². The second kappa shape index (κ2) is 5.44. The molecular weight excluding hydrogens is 266 g/mol. The molecule has 108 valence electrons. The van der Waals surface area contributed by atoms with E-state index in [0.29, 0.717) is 11.5 Å². The van der Waals surface area contributed by atoms with Crippen molar-refractivity contribution in [1.82, 2.24) is 4.98 Å². The molecule has 1 aliphatic carbocycles. The van der Waals surface area contributed by atoms with Crippen LogP contribution in [0.5, 0.6) is 0 Å². The van der Waals surface area contributed by atoms with Gasteiger partial charge in [-0.2, -0.15) is 0 Å². The molecular formula is C16H17N3O2. The van der Waals surface area contributed by atoms with Crippen LogP contribution in [0.3, 0.4) is 0 Å². The van der Waals surface area contributed by atoms with Crippen LogP contribution >= 0.6 is 0 Å². The number of hydrogen-bond acceptors (Lipinski definition) is 5. The number of aromatic nitrogens is 1. The Kier molecular flexibility index (Phi) is 3.48. The number of carbonyl (C=O) groups excluding carboxylic acids is 1. The summed E-state index contributed by atoms with van der Waals surface area (Å²) < 4.78 is 4.67. The number of pyridine rings is 1. The average molecular weight is 283 g/mol. The lowest BCUT2D eigenvalue weighted by Gasteiger charge is -2.11. The van der Waals surface area contributed by atoms with Crippen LogP contribution in [0.25, 0.3) is 0 Å². The van der Waals surface area contributed by atoms with Crippen molar-refractivity contribution in [3.05, 3.63) is 47.2 Å². The van der Waals surface area contributed by atoms with E-state index in [1.54, 1.807) is 12.1 Å². The Labute approximate surface area is 123 Å². The fourth-order valence-electron chi connectivity index (χ4n) is 2.57. The van der Waals surface area contributed by atoms with Gasteiger partial charge in [0.1, 0.15) is 0 Å². The maximum absolute atomic E-state index is 11.5. The lowest BCUT2D eigenvalue weighted by molar-refractivity contribution is 0.0594. The second-order valence-electron chi connectivity index (χ2n) is 5.09. The van der Waals surface area contributed by atoms with E-state index in [4.69, 9.17) is 5.73 Å². The van der Waals surface area contributed by atoms with E-state index in [2.05, 4.69) is 27.2 Å². The number of rotatable bonds is 3. The minimum Gasteiger partial charge on any atom is -0.464 e. The molecule has 0 fully saturated rings. The normalized spacial score (nSPS) is 12.8. The molecule has 0 saturated carbocycles. The molecule has 1 aromatic carbocycles. The molecule has 0 unspecified atom stereocenters. The van der Waals surface area contributed by atoms with Gasteiger partial charge in [0.2, 0.25) is 0 Å². The molecule has 1 heterocycles. The van der Waals surface area contributed by atoms with Crippen LogP contribution in [-0.4, -0.2) is 18.1 Å². The molecule has 1 aromatic heterocycles. The van der Waals surface area contributed by atoms with Crippen LogP contribution in [0.1, 0.15) is 28.0 Å². The standard InChI is InChI=1S/C16H17N3O2/c1-21-16(20)14-8-7-13(17)15(19-14)18-12-6-5-10-3-2-4-11(10)9-12/h5-9H,2-4,17H2,1H3,(H,18,19). The highest BCUT2D eigenvalue weighted by molar-refractivity contribution is 5.88. The first kappa shape index (κ1) is 13.4. The molecule has 0 aliphatic heterocycles. The number of nitrogens with one attached hydrogen (secondary N) is 1. The summed E-state index contributed by atoms with van der Waals surface area (Å²) in [6.45, 7) is 0. The van der Waals surface area contributed by atoms with Gasteiger partial charge in [0.05, 0.1) is 12.8 Å². The van der Waals surface area contributed by atoms with Gasteiger partial charge >= 0.3 is 5.97 Å². The third-order valence-corrected chi connectivity index (χ3v) is 3.68. The van der Waals surface area contributed by atoms with Gasteiger partial charge in [-0.25, -0.2) is 9.78 Å². The highest BCUT2D eigenvalue weighted by Gasteiger charge is 2.13. The number of ether oxygens (including phenoxy) is 1. The van der Waals surface area contributed by atoms with Gasteiger partial charge in [0, 0.05) is 5.69 Å². The SMILES string of the molecule is COC(=O)c1ccc(N)c(Nc2ccc3c(c2)CCC3)n1. The number of esters is 1. The van der Waals surface area contributed by atoms with Crippen molar-refractivity contribution >= 4 is 23.2 Å². The van der Waals surface area contributed by atoms with Crippen LogP contribution < -0.4 is 11.1 Å². The summed E-state index contributed by atoms with van der Waals surface area (Å²) in [6, 6.07) is 9.46. The van der Waals surface area contributed by atoms with Crippen molar-refractivity contribution in [3.63, 3.8) is 0 Å². The summed E-state index contributed by atoms with van der Waals surface area (Å²) in [6.07, 6.45) is 3.46. The van der Waals surface area contributed by atoms with Gasteiger partial charge in [-0.1, -0.05) is 6.07 Å². The summed E-state index contributed by atoms with van der Waals surface area (Å²) in [5.41, 5.74) is 10.3. The van der Waals surface area contributed by atoms with Gasteiger partial charge in [0.25, 0.3) is 0 Å². The van der Waals surface area contributed by atoms with Crippen molar-refractivity contribution < 1.29 is 9.53 Å². The average Bonchev–Trinajstić information content (AvgIpc) is 2.96. The van der Waals surface area contributed by atoms with E-state index in [-0.39, 0.29) is 5.69 Å². The minimum absolute atomic E-state index is 0.232. The molecule has 0 radical (unpaired) electrons. The predicted octanol–water partition coefficient (Wildman–Crippen LogP) is 2.68. The Bertz CT molecular complexity index is 698. The number of methoxy groups -OCH3 is 1. The topological polar surface area (TPSA) is 77.2 Å². The highest BCUT2D eigenvalue weighted by Crippen LogP contribution is 2.27. The van der Waals surface area contributed by atoms with Gasteiger partial charge in [-0.05, 0) is 54.7 Å². The third kappa shape index (κ3) is 2.67. The van der Waals surface area contributed by atoms with Crippen molar-refractivity contribution in [3.8, 4) is 0 Å². The fourth-order valence-corrected chi connectivity index (χ4v) is 2.57. The lowest BCUT2D eigenvalue weighted by Crippen LogP contribution is -2.08. The van der Waals surface area contributed by atoms with Crippen LogP contribution in [0.2, 0.25) is 0 Å². The van der Waals surface area contributed by atoms with E-state index < -0.39 is 5.97 Å². The number of nitrogen functional groups attached to an aromatic ring is 1. The molecule has 21 heavy (non-hydrogen) atoms. The Morgan fingerprint density at radius 2 is 2.05 bits per heavy atom. The molecule has 5 heteroatoms. The zero-order valence-electron chi connectivity index (χ0n) is 11.8. The van der Waals surface area contributed by atoms with E-state index in [9.17, 15) is 4.79 Å². The molecule has 0 spiro atoms. The Morgan fingerprint density at radius 1 is 1.24 bits per heavy atom. The van der Waals surface area contributed by atoms with Gasteiger partial charge in [0.15, 0.2) is 11.5 Å². The quantitative estimate of drug-likeness (QED) is 0.847. The Hall–Kier alpha value is -2.56. The van der Waals surface area contributed by atoms with E-state index in [1.807, 2.05) is 6.07 Å². The molecule has 0 saturated heterocycles. The first-order chi connectivity index (χ1) is 10.2. The van der Waals surface area contributed by atoms with Crippen LogP contribution in [0, 0.1) is 0 Å². The zero-order valence-corrected chi connectivity index (χ0v) is 11.8. The number of benzene rings is 1. The Balaban J connectivity index is 1.89. The lowest BCUT2D eigenvalue weighted by atomic mass is 10.1. The summed E-state index contributed by atoms with van der Waals surface area (Å²) in [7, 11) is 1.33. The summed E-state index contributed by atoms with van der Waals surface area (Å²) in [5, 5.41) is 3.18. The summed E-state index contributed by atoms with van der Waals surface area (Å²) in [4.78, 5) is 15.8. The zero-order chi connectivity index (χ0) is 14.8. The first-order valence-corrected chi connectivity index (χ1v) is 6.91. The smallest absolute Gasteiger partial charge is 0.356 e. The number of hydrogen-bond donors (Lipinski definition) is 2. The number of aryl methyl sites for hydroxylation is 2. The molecule has 3 rings (SSSR count). The number of nitrogens with two attached hydrogens (primary N) is 1. The summed E-state index contributed by atoms with van der Waals surface area (Å²) in [5.74, 6) is -0.0112. The molecule has 0 amide bonds. The largest absolute Gasteiger partial charge is 0.464 e. The van der Waals surface area contributed by atoms with Gasteiger partial charge in [-0.3, -0.25) is 0 Å². The molecule has 1 aliphatic rings. The highest BCUT2D eigenvalue weighted by atomic mass is 16.5. The van der Waals surface area contributed by atoms with Crippen molar-refractivity contribution in [2.75, 3.05) is 18.2 Å². The predicted molar refractivity (Wildman–Crippen MR) is 81.7 cm³/mol. The molecule has 3 N–H and O–H groups in total. The number of fused-ring (bicyclic) bond motifs is 1. The van der Waals surface area contributed by atoms with Gasteiger partial charge in [-0.15, -0.1) is 0 Å². The van der Waals surface area contributed by atoms with Crippen LogP contribution in [0.15, 0.2) is 30.3 Å². The third-order valence-electron chi connectivity index (χ3n) is 3.68. The Morgan fingerprint density at radius 3 is 2.86 bits per heavy atom. The van der Waals surface area contributed by atoms with Crippen molar-refractivity contribution in [1.29, 1.82) is 0 Å². The summed E-state index contributed by atoms with van der Waals surface area (Å²) >= 11 is 0. The van der Waals surface area contributed by atoms with Gasteiger partial charge < -0.3 is 15.8 Å². The number of nitrogens with zero attached hydrogens (tertiary/aromatic N) is 1. The molecule has 0 bridgehead atoms. The van der Waals surface area contributed by atoms with E-state index in [1.165, 1.54) is 24.7 Å². The number of carbonyl (C=O) groups is 1. The molecule has 0 atom stereocenters. The minimum atomic E-state index is -0.480. The van der Waals surface area contributed by atoms with Crippen LogP contribution in [0.4, 0.5) is 17.2 Å². The second-order valence-corrected chi connectivity index (χ2v) is 5.09.